The van der Waals surface area contributed by atoms with Gasteiger partial charge in [0.1, 0.15) is 11.7 Å². The van der Waals surface area contributed by atoms with Crippen LogP contribution in [0, 0.1) is 0 Å². The van der Waals surface area contributed by atoms with E-state index in [1.807, 2.05) is 6.07 Å². The van der Waals surface area contributed by atoms with Gasteiger partial charge >= 0.3 is 0 Å². The second-order valence-electron chi connectivity index (χ2n) is 13.2. The smallest absolute Gasteiger partial charge is 0.169 e. The first-order valence-electron chi connectivity index (χ1n) is 17.3. The minimum absolute atomic E-state index is 0.123. The standard InChI is InChI=1S/C45H34N4/c1-2-15-32(16-3-1)43-46-44(48-45(47-43)38-23-11-17-29-12-4-7-20-35(29)38)33-18-10-19-34(28-33)49-39-26-24-30-13-5-8-21-36(30)41(39)42-37-22-9-6-14-31(37)25-27-40(42)49/h1-8,10-18,20-21,23-28,34,43H,9,19,22H2,(H,46,47,48). The molecule has 2 atom stereocenters. The Hall–Kier alpha value is -6.00. The Balaban J connectivity index is 1.14. The van der Waals surface area contributed by atoms with Gasteiger partial charge in [0.05, 0.1) is 17.1 Å². The van der Waals surface area contributed by atoms with Crippen LogP contribution in [0.4, 0.5) is 0 Å². The number of allylic oxidation sites excluding steroid dienone is 3. The molecule has 4 nitrogen and oxygen atoms in total. The summed E-state index contributed by atoms with van der Waals surface area (Å²) in [5.41, 5.74) is 8.64. The second kappa shape index (κ2) is 11.3. The van der Waals surface area contributed by atoms with E-state index in [1.165, 1.54) is 54.5 Å². The highest BCUT2D eigenvalue weighted by molar-refractivity contribution is 6.23. The number of hydrogen-bond acceptors (Lipinski definition) is 3. The second-order valence-corrected chi connectivity index (χ2v) is 13.2. The Bertz CT molecular complexity index is 2610. The van der Waals surface area contributed by atoms with Gasteiger partial charge in [0, 0.05) is 21.9 Å². The summed E-state index contributed by atoms with van der Waals surface area (Å²) >= 11 is 0. The predicted molar refractivity (Wildman–Crippen MR) is 205 cm³/mol. The number of nitrogens with zero attached hydrogens (tertiary/aromatic N) is 3. The lowest BCUT2D eigenvalue weighted by molar-refractivity contribution is 0.645. The van der Waals surface area contributed by atoms with Crippen LogP contribution >= 0.6 is 0 Å². The number of aliphatic imine (C=N–C) groups is 2. The minimum atomic E-state index is -0.347. The van der Waals surface area contributed by atoms with Crippen LogP contribution in [0.15, 0.2) is 161 Å². The average Bonchev–Trinajstić information content (AvgIpc) is 3.53. The van der Waals surface area contributed by atoms with Gasteiger partial charge in [-0.2, -0.15) is 0 Å². The first-order chi connectivity index (χ1) is 24.3. The maximum atomic E-state index is 5.25. The summed E-state index contributed by atoms with van der Waals surface area (Å²) in [5.74, 6) is 1.69. The van der Waals surface area contributed by atoms with E-state index in [0.717, 1.165) is 47.6 Å². The number of hydrogen-bond donors (Lipinski definition) is 1. The van der Waals surface area contributed by atoms with Crippen LogP contribution < -0.4 is 5.32 Å². The zero-order valence-corrected chi connectivity index (χ0v) is 27.1. The van der Waals surface area contributed by atoms with Crippen molar-refractivity contribution in [2.24, 2.45) is 9.98 Å². The molecule has 0 radical (unpaired) electrons. The summed E-state index contributed by atoms with van der Waals surface area (Å²) in [7, 11) is 0. The Morgan fingerprint density at radius 1 is 0.612 bits per heavy atom. The van der Waals surface area contributed by atoms with Gasteiger partial charge in [-0.05, 0) is 69.6 Å². The van der Waals surface area contributed by atoms with E-state index >= 15 is 0 Å². The first kappa shape index (κ1) is 28.1. The van der Waals surface area contributed by atoms with E-state index in [1.54, 1.807) is 0 Å². The van der Waals surface area contributed by atoms with Crippen molar-refractivity contribution in [2.45, 2.75) is 31.5 Å². The molecular weight excluding hydrogens is 597 g/mol. The number of benzene rings is 6. The molecule has 2 heterocycles. The van der Waals surface area contributed by atoms with Gasteiger partial charge in [-0.15, -0.1) is 0 Å². The molecule has 1 aliphatic heterocycles. The van der Waals surface area contributed by atoms with Gasteiger partial charge in [-0.25, -0.2) is 9.98 Å². The molecule has 1 aromatic heterocycles. The van der Waals surface area contributed by atoms with Crippen molar-refractivity contribution in [3.8, 4) is 0 Å². The molecule has 7 aromatic rings. The summed E-state index contributed by atoms with van der Waals surface area (Å²) < 4.78 is 2.58. The molecule has 4 heteroatoms. The fourth-order valence-electron chi connectivity index (χ4n) is 8.15. The van der Waals surface area contributed by atoms with Gasteiger partial charge < -0.3 is 9.88 Å². The number of nitrogens with one attached hydrogen (secondary N) is 1. The molecule has 3 aliphatic rings. The van der Waals surface area contributed by atoms with Crippen molar-refractivity contribution in [3.63, 3.8) is 0 Å². The lowest BCUT2D eigenvalue weighted by Crippen LogP contribution is -2.36. The van der Waals surface area contributed by atoms with E-state index in [-0.39, 0.29) is 12.2 Å². The Labute approximate surface area is 285 Å². The van der Waals surface area contributed by atoms with Gasteiger partial charge in [-0.1, -0.05) is 140 Å². The highest BCUT2D eigenvalue weighted by atomic mass is 15.2. The summed E-state index contributed by atoms with van der Waals surface area (Å²) in [6.07, 6.45) is 14.3. The summed E-state index contributed by atoms with van der Waals surface area (Å²) in [4.78, 5) is 10.4. The summed E-state index contributed by atoms with van der Waals surface area (Å²) in [6.45, 7) is 0. The van der Waals surface area contributed by atoms with Crippen molar-refractivity contribution in [3.05, 3.63) is 173 Å². The minimum Gasteiger partial charge on any atom is -0.333 e. The normalized spacial score (nSPS) is 18.7. The number of fused-ring (bicyclic) bond motifs is 8. The van der Waals surface area contributed by atoms with E-state index in [2.05, 4.69) is 156 Å². The van der Waals surface area contributed by atoms with Crippen LogP contribution in [0.2, 0.25) is 0 Å². The van der Waals surface area contributed by atoms with Crippen LogP contribution in [0.1, 0.15) is 47.3 Å². The van der Waals surface area contributed by atoms with Crippen LogP contribution in [0.5, 0.6) is 0 Å². The van der Waals surface area contributed by atoms with E-state index in [9.17, 15) is 0 Å². The molecule has 0 amide bonds. The fraction of sp³-hybridized carbons (Fsp3) is 0.111. The molecular formula is C45H34N4. The third-order valence-corrected chi connectivity index (χ3v) is 10.4. The average molecular weight is 631 g/mol. The largest absolute Gasteiger partial charge is 0.333 e. The molecule has 2 aliphatic carbocycles. The molecule has 234 valence electrons. The molecule has 2 unspecified atom stereocenters. The quantitative estimate of drug-likeness (QED) is 0.207. The Morgan fingerprint density at radius 3 is 2.24 bits per heavy atom. The zero-order valence-electron chi connectivity index (χ0n) is 27.1. The van der Waals surface area contributed by atoms with Crippen LogP contribution in [0.25, 0.3) is 49.4 Å². The van der Waals surface area contributed by atoms with E-state index < -0.39 is 0 Å². The molecule has 0 bridgehead atoms. The van der Waals surface area contributed by atoms with E-state index in [4.69, 9.17) is 9.98 Å². The van der Waals surface area contributed by atoms with Crippen LogP contribution in [-0.4, -0.2) is 16.2 Å². The van der Waals surface area contributed by atoms with Crippen LogP contribution in [0.3, 0.4) is 0 Å². The maximum Gasteiger partial charge on any atom is 0.169 e. The Kier molecular flexibility index (Phi) is 6.48. The fourth-order valence-corrected chi connectivity index (χ4v) is 8.15. The monoisotopic (exact) mass is 630 g/mol. The molecule has 10 rings (SSSR count). The van der Waals surface area contributed by atoms with Crippen molar-refractivity contribution in [2.75, 3.05) is 0 Å². The van der Waals surface area contributed by atoms with Crippen molar-refractivity contribution in [1.82, 2.24) is 9.88 Å². The van der Waals surface area contributed by atoms with Crippen molar-refractivity contribution < 1.29 is 0 Å². The topological polar surface area (TPSA) is 41.7 Å². The molecule has 1 N–H and O–H groups in total. The SMILES string of the molecule is C1=Cc2ccc3c(c2CC1)c1c2ccccc2ccc1n3C1C=C(C2=NC(c3ccccc3)N=C(c3cccc4ccccc34)N2)C=CC1. The number of aryl methyl sites for hydroxylation is 1. The highest BCUT2D eigenvalue weighted by Gasteiger charge is 2.26. The number of rotatable bonds is 4. The first-order valence-corrected chi connectivity index (χ1v) is 17.3. The number of amidine groups is 2. The highest BCUT2D eigenvalue weighted by Crippen LogP contribution is 2.42. The molecule has 0 fully saturated rings. The molecule has 6 aromatic carbocycles. The third kappa shape index (κ3) is 4.59. The van der Waals surface area contributed by atoms with Crippen LogP contribution in [-0.2, 0) is 6.42 Å². The van der Waals surface area contributed by atoms with E-state index in [0.29, 0.717) is 0 Å². The predicted octanol–water partition coefficient (Wildman–Crippen LogP) is 10.6. The molecule has 0 spiro atoms. The maximum absolute atomic E-state index is 5.25. The van der Waals surface area contributed by atoms with Crippen molar-refractivity contribution in [1.29, 1.82) is 0 Å². The summed E-state index contributed by atoms with van der Waals surface area (Å²) in [6, 6.07) is 43.6. The Morgan fingerprint density at radius 2 is 1.35 bits per heavy atom. The molecule has 49 heavy (non-hydrogen) atoms. The third-order valence-electron chi connectivity index (χ3n) is 10.4. The summed E-state index contributed by atoms with van der Waals surface area (Å²) in [5, 5.41) is 11.4. The van der Waals surface area contributed by atoms with Gasteiger partial charge in [-0.3, -0.25) is 0 Å². The number of aromatic nitrogens is 1. The molecule has 0 saturated carbocycles. The van der Waals surface area contributed by atoms with Gasteiger partial charge in [0.15, 0.2) is 6.17 Å². The van der Waals surface area contributed by atoms with Gasteiger partial charge in [0.25, 0.3) is 0 Å². The molecule has 0 saturated heterocycles. The lowest BCUT2D eigenvalue weighted by atomic mass is 9.91. The lowest BCUT2D eigenvalue weighted by Gasteiger charge is -2.26. The van der Waals surface area contributed by atoms with Gasteiger partial charge in [0.2, 0.25) is 0 Å². The zero-order chi connectivity index (χ0) is 32.3. The van der Waals surface area contributed by atoms with Crippen molar-refractivity contribution >= 4 is 61.1 Å².